The van der Waals surface area contributed by atoms with Gasteiger partial charge in [-0.1, -0.05) is 0 Å². The van der Waals surface area contributed by atoms with Crippen molar-refractivity contribution < 1.29 is 14.7 Å². The molecule has 108 valence electrons. The maximum atomic E-state index is 11.8. The molecule has 0 radical (unpaired) electrons. The number of benzene rings is 1. The SMILES string of the molecule is N#Cc1cc(C(=O)O)ccc1N1CCCC2C(=O)NCC21. The third kappa shape index (κ3) is 2.21. The number of amides is 1. The van der Waals surface area contributed by atoms with Crippen LogP contribution in [0.15, 0.2) is 18.2 Å². The lowest BCUT2D eigenvalue weighted by molar-refractivity contribution is -0.123. The summed E-state index contributed by atoms with van der Waals surface area (Å²) in [6.45, 7) is 1.35. The molecular formula is C15H15N3O3. The molecule has 2 aliphatic heterocycles. The fourth-order valence-electron chi connectivity index (χ4n) is 3.26. The summed E-state index contributed by atoms with van der Waals surface area (Å²) in [4.78, 5) is 24.9. The van der Waals surface area contributed by atoms with Crippen molar-refractivity contribution >= 4 is 17.6 Å². The van der Waals surface area contributed by atoms with Crippen molar-refractivity contribution in [1.82, 2.24) is 5.32 Å². The van der Waals surface area contributed by atoms with E-state index >= 15 is 0 Å². The van der Waals surface area contributed by atoms with Gasteiger partial charge >= 0.3 is 5.97 Å². The molecule has 2 heterocycles. The zero-order valence-corrected chi connectivity index (χ0v) is 11.4. The van der Waals surface area contributed by atoms with E-state index in [-0.39, 0.29) is 23.4 Å². The Hall–Kier alpha value is -2.55. The number of nitrogens with one attached hydrogen (secondary N) is 1. The highest BCUT2D eigenvalue weighted by Crippen LogP contribution is 2.33. The topological polar surface area (TPSA) is 93.4 Å². The third-order valence-electron chi connectivity index (χ3n) is 4.27. The zero-order valence-electron chi connectivity index (χ0n) is 11.4. The van der Waals surface area contributed by atoms with Gasteiger partial charge in [0.1, 0.15) is 6.07 Å². The summed E-state index contributed by atoms with van der Waals surface area (Å²) in [6.07, 6.45) is 1.75. The summed E-state index contributed by atoms with van der Waals surface area (Å²) in [5.74, 6) is -1.01. The molecular weight excluding hydrogens is 270 g/mol. The second-order valence-electron chi connectivity index (χ2n) is 5.40. The average Bonchev–Trinajstić information content (AvgIpc) is 2.88. The van der Waals surface area contributed by atoms with Crippen LogP contribution in [0.1, 0.15) is 28.8 Å². The summed E-state index contributed by atoms with van der Waals surface area (Å²) in [7, 11) is 0. The van der Waals surface area contributed by atoms with Gasteiger partial charge in [0.05, 0.1) is 28.8 Å². The van der Waals surface area contributed by atoms with Crippen LogP contribution in [0.25, 0.3) is 0 Å². The van der Waals surface area contributed by atoms with Gasteiger partial charge < -0.3 is 15.3 Å². The van der Waals surface area contributed by atoms with E-state index in [1.54, 1.807) is 6.07 Å². The van der Waals surface area contributed by atoms with Crippen molar-refractivity contribution in [1.29, 1.82) is 5.26 Å². The van der Waals surface area contributed by atoms with Crippen molar-refractivity contribution in [3.63, 3.8) is 0 Å². The van der Waals surface area contributed by atoms with Gasteiger partial charge in [0, 0.05) is 13.1 Å². The molecule has 0 spiro atoms. The Balaban J connectivity index is 1.98. The van der Waals surface area contributed by atoms with Crippen LogP contribution < -0.4 is 10.2 Å². The van der Waals surface area contributed by atoms with Crippen molar-refractivity contribution in [2.24, 2.45) is 5.92 Å². The quantitative estimate of drug-likeness (QED) is 0.844. The van der Waals surface area contributed by atoms with E-state index in [0.29, 0.717) is 17.8 Å². The molecule has 1 aromatic rings. The first-order valence-electron chi connectivity index (χ1n) is 6.93. The number of hydrogen-bond acceptors (Lipinski definition) is 4. The molecule has 2 N–H and O–H groups in total. The summed E-state index contributed by atoms with van der Waals surface area (Å²) in [5, 5.41) is 21.2. The largest absolute Gasteiger partial charge is 0.478 e. The molecule has 3 rings (SSSR count). The minimum atomic E-state index is -1.05. The molecule has 1 aromatic carbocycles. The highest BCUT2D eigenvalue weighted by atomic mass is 16.4. The number of aromatic carboxylic acids is 1. The van der Waals surface area contributed by atoms with E-state index in [1.165, 1.54) is 12.1 Å². The van der Waals surface area contributed by atoms with Gasteiger partial charge in [-0.15, -0.1) is 0 Å². The predicted octanol–water partition coefficient (Wildman–Crippen LogP) is 0.971. The number of carbonyl (C=O) groups excluding carboxylic acids is 1. The number of carboxylic acid groups (broad SMARTS) is 1. The van der Waals surface area contributed by atoms with Crippen LogP contribution in [0, 0.1) is 17.2 Å². The summed E-state index contributed by atoms with van der Waals surface area (Å²) in [5.41, 5.74) is 1.16. The number of carbonyl (C=O) groups is 2. The van der Waals surface area contributed by atoms with Gasteiger partial charge in [0.15, 0.2) is 0 Å². The summed E-state index contributed by atoms with van der Waals surface area (Å²) < 4.78 is 0. The lowest BCUT2D eigenvalue weighted by atomic mass is 9.90. The second-order valence-corrected chi connectivity index (χ2v) is 5.40. The Kier molecular flexibility index (Phi) is 3.26. The first-order chi connectivity index (χ1) is 10.1. The van der Waals surface area contributed by atoms with Crippen molar-refractivity contribution in [3.05, 3.63) is 29.3 Å². The first kappa shape index (κ1) is 13.4. The van der Waals surface area contributed by atoms with Crippen LogP contribution in [0.5, 0.6) is 0 Å². The van der Waals surface area contributed by atoms with E-state index in [1.807, 2.05) is 0 Å². The molecule has 0 saturated carbocycles. The average molecular weight is 285 g/mol. The van der Waals surface area contributed by atoms with Crippen LogP contribution in [-0.4, -0.2) is 36.1 Å². The number of nitrogens with zero attached hydrogens (tertiary/aromatic N) is 2. The molecule has 6 nitrogen and oxygen atoms in total. The van der Waals surface area contributed by atoms with Gasteiger partial charge in [-0.2, -0.15) is 5.26 Å². The third-order valence-corrected chi connectivity index (χ3v) is 4.27. The van der Waals surface area contributed by atoms with Crippen molar-refractivity contribution in [2.45, 2.75) is 18.9 Å². The Bertz CT molecular complexity index is 650. The molecule has 0 aliphatic carbocycles. The predicted molar refractivity (Wildman–Crippen MR) is 75.0 cm³/mol. The fraction of sp³-hybridized carbons (Fsp3) is 0.400. The smallest absolute Gasteiger partial charge is 0.335 e. The number of anilines is 1. The molecule has 21 heavy (non-hydrogen) atoms. The Morgan fingerprint density at radius 2 is 2.29 bits per heavy atom. The molecule has 0 bridgehead atoms. The van der Waals surface area contributed by atoms with E-state index in [2.05, 4.69) is 16.3 Å². The van der Waals surface area contributed by atoms with Gasteiger partial charge in [-0.25, -0.2) is 4.79 Å². The highest BCUT2D eigenvalue weighted by molar-refractivity contribution is 5.89. The van der Waals surface area contributed by atoms with Crippen molar-refractivity contribution in [3.8, 4) is 6.07 Å². The number of fused-ring (bicyclic) bond motifs is 1. The molecule has 0 aromatic heterocycles. The second kappa shape index (κ2) is 5.09. The van der Waals surface area contributed by atoms with Gasteiger partial charge in [-0.3, -0.25) is 4.79 Å². The van der Waals surface area contributed by atoms with Gasteiger partial charge in [0.2, 0.25) is 5.91 Å². The van der Waals surface area contributed by atoms with Crippen LogP contribution in [0.3, 0.4) is 0 Å². The van der Waals surface area contributed by atoms with Crippen molar-refractivity contribution in [2.75, 3.05) is 18.0 Å². The normalized spacial score (nSPS) is 24.1. The molecule has 2 unspecified atom stereocenters. The standard InChI is InChI=1S/C15H15N3O3/c16-7-10-6-9(15(20)21)3-4-12(10)18-5-1-2-11-13(18)8-17-14(11)19/h3-4,6,11,13H,1-2,5,8H2,(H,17,19)(H,20,21). The van der Waals surface area contributed by atoms with Crippen LogP contribution in [0.2, 0.25) is 0 Å². The van der Waals surface area contributed by atoms with E-state index in [4.69, 9.17) is 5.11 Å². The Morgan fingerprint density at radius 1 is 1.48 bits per heavy atom. The number of piperidine rings is 1. The zero-order chi connectivity index (χ0) is 15.0. The van der Waals surface area contributed by atoms with Crippen LogP contribution in [0.4, 0.5) is 5.69 Å². The van der Waals surface area contributed by atoms with E-state index in [0.717, 1.165) is 19.4 Å². The molecule has 2 saturated heterocycles. The lowest BCUT2D eigenvalue weighted by Crippen LogP contribution is -2.46. The lowest BCUT2D eigenvalue weighted by Gasteiger charge is -2.38. The Morgan fingerprint density at radius 3 is 3.00 bits per heavy atom. The van der Waals surface area contributed by atoms with Crippen LogP contribution in [-0.2, 0) is 4.79 Å². The summed E-state index contributed by atoms with van der Waals surface area (Å²) >= 11 is 0. The molecule has 1 amide bonds. The maximum absolute atomic E-state index is 11.8. The maximum Gasteiger partial charge on any atom is 0.335 e. The summed E-state index contributed by atoms with van der Waals surface area (Å²) in [6, 6.07) is 6.69. The molecule has 2 fully saturated rings. The van der Waals surface area contributed by atoms with E-state index in [9.17, 15) is 14.9 Å². The monoisotopic (exact) mass is 285 g/mol. The fourth-order valence-corrected chi connectivity index (χ4v) is 3.26. The number of rotatable bonds is 2. The first-order valence-corrected chi connectivity index (χ1v) is 6.93. The number of hydrogen-bond donors (Lipinski definition) is 2. The minimum absolute atomic E-state index is 0.0376. The van der Waals surface area contributed by atoms with Gasteiger partial charge in [0.25, 0.3) is 0 Å². The molecule has 2 atom stereocenters. The van der Waals surface area contributed by atoms with Crippen LogP contribution >= 0.6 is 0 Å². The number of carboxylic acids is 1. The number of nitriles is 1. The van der Waals surface area contributed by atoms with Gasteiger partial charge in [-0.05, 0) is 31.0 Å². The minimum Gasteiger partial charge on any atom is -0.478 e. The van der Waals surface area contributed by atoms with E-state index < -0.39 is 5.97 Å². The Labute approximate surface area is 122 Å². The molecule has 6 heteroatoms. The molecule has 2 aliphatic rings. The highest BCUT2D eigenvalue weighted by Gasteiger charge is 2.41.